The quantitative estimate of drug-likeness (QED) is 0.321. The standard InChI is InChI=1S/C26H20ClN5O/c1-17(33)30-20-10-12-21(13-11-20)31-25-24-23(18-6-3-2-4-7-18)15-32(26(24)29-16-28-25)22-9-5-8-19(27)14-22/h2-16H,1H3,(H,30,33)(H,28,29,31). The topological polar surface area (TPSA) is 71.8 Å². The molecule has 7 heteroatoms. The van der Waals surface area contributed by atoms with Crippen molar-refractivity contribution in [2.24, 2.45) is 0 Å². The molecule has 0 saturated carbocycles. The van der Waals surface area contributed by atoms with Crippen LogP contribution < -0.4 is 10.6 Å². The van der Waals surface area contributed by atoms with E-state index in [2.05, 4.69) is 38.9 Å². The van der Waals surface area contributed by atoms with Crippen molar-refractivity contribution in [1.29, 1.82) is 0 Å². The highest BCUT2D eigenvalue weighted by molar-refractivity contribution is 6.30. The first-order valence-corrected chi connectivity index (χ1v) is 10.8. The lowest BCUT2D eigenvalue weighted by Crippen LogP contribution is -2.05. The molecule has 2 heterocycles. The van der Waals surface area contributed by atoms with Gasteiger partial charge in [-0.15, -0.1) is 0 Å². The summed E-state index contributed by atoms with van der Waals surface area (Å²) in [6.07, 6.45) is 3.61. The van der Waals surface area contributed by atoms with Crippen LogP contribution in [-0.2, 0) is 4.79 Å². The number of benzene rings is 3. The van der Waals surface area contributed by atoms with E-state index in [9.17, 15) is 4.79 Å². The number of nitrogens with one attached hydrogen (secondary N) is 2. The molecule has 1 amide bonds. The van der Waals surface area contributed by atoms with E-state index in [1.54, 1.807) is 6.33 Å². The van der Waals surface area contributed by atoms with Crippen molar-refractivity contribution in [2.75, 3.05) is 10.6 Å². The monoisotopic (exact) mass is 453 g/mol. The number of nitrogens with zero attached hydrogens (tertiary/aromatic N) is 3. The average molecular weight is 454 g/mol. The lowest BCUT2D eigenvalue weighted by atomic mass is 10.1. The molecule has 0 aliphatic carbocycles. The molecule has 5 aromatic rings. The molecule has 0 aliphatic rings. The van der Waals surface area contributed by atoms with Crippen molar-refractivity contribution in [3.05, 3.63) is 96.4 Å². The van der Waals surface area contributed by atoms with Gasteiger partial charge in [0.05, 0.1) is 5.39 Å². The van der Waals surface area contributed by atoms with E-state index in [0.717, 1.165) is 39.2 Å². The van der Waals surface area contributed by atoms with Gasteiger partial charge in [0.25, 0.3) is 0 Å². The van der Waals surface area contributed by atoms with Gasteiger partial charge in [-0.3, -0.25) is 4.79 Å². The molecule has 162 valence electrons. The summed E-state index contributed by atoms with van der Waals surface area (Å²) in [4.78, 5) is 20.4. The molecule has 0 aliphatic heterocycles. The molecule has 33 heavy (non-hydrogen) atoms. The minimum Gasteiger partial charge on any atom is -0.340 e. The van der Waals surface area contributed by atoms with E-state index in [1.165, 1.54) is 6.92 Å². The van der Waals surface area contributed by atoms with E-state index >= 15 is 0 Å². The van der Waals surface area contributed by atoms with Crippen LogP contribution in [0.3, 0.4) is 0 Å². The van der Waals surface area contributed by atoms with Gasteiger partial charge in [-0.05, 0) is 48.0 Å². The number of rotatable bonds is 5. The van der Waals surface area contributed by atoms with Gasteiger partial charge < -0.3 is 15.2 Å². The van der Waals surface area contributed by atoms with E-state index in [4.69, 9.17) is 11.6 Å². The van der Waals surface area contributed by atoms with Crippen molar-refractivity contribution in [2.45, 2.75) is 6.92 Å². The molecular formula is C26H20ClN5O. The van der Waals surface area contributed by atoms with Crippen molar-refractivity contribution < 1.29 is 4.79 Å². The number of halogens is 1. The van der Waals surface area contributed by atoms with E-state index in [0.29, 0.717) is 10.8 Å². The molecule has 0 fully saturated rings. The van der Waals surface area contributed by atoms with Gasteiger partial charge in [-0.2, -0.15) is 0 Å². The summed E-state index contributed by atoms with van der Waals surface area (Å²) in [6.45, 7) is 1.49. The molecule has 0 atom stereocenters. The molecule has 0 bridgehead atoms. The smallest absolute Gasteiger partial charge is 0.221 e. The van der Waals surface area contributed by atoms with Crippen LogP contribution in [0.5, 0.6) is 0 Å². The predicted molar refractivity (Wildman–Crippen MR) is 133 cm³/mol. The van der Waals surface area contributed by atoms with Crippen LogP contribution in [0.4, 0.5) is 17.2 Å². The lowest BCUT2D eigenvalue weighted by Gasteiger charge is -2.10. The molecule has 0 spiro atoms. The number of carbonyl (C=O) groups is 1. The van der Waals surface area contributed by atoms with Gasteiger partial charge in [0.15, 0.2) is 5.65 Å². The number of hydrogen-bond acceptors (Lipinski definition) is 4. The Morgan fingerprint density at radius 2 is 1.67 bits per heavy atom. The second-order valence-corrected chi connectivity index (χ2v) is 8.00. The molecule has 2 N–H and O–H groups in total. The predicted octanol–water partition coefficient (Wildman–Crippen LogP) is 6.44. The maximum absolute atomic E-state index is 11.3. The van der Waals surface area contributed by atoms with Gasteiger partial charge in [-0.1, -0.05) is 48.0 Å². The van der Waals surface area contributed by atoms with E-state index < -0.39 is 0 Å². The first-order valence-electron chi connectivity index (χ1n) is 10.4. The number of fused-ring (bicyclic) bond motifs is 1. The number of carbonyl (C=O) groups excluding carboxylic acids is 1. The Bertz CT molecular complexity index is 1450. The summed E-state index contributed by atoms with van der Waals surface area (Å²) in [5.41, 5.74) is 5.32. The normalized spacial score (nSPS) is 10.8. The van der Waals surface area contributed by atoms with Crippen molar-refractivity contribution >= 4 is 45.7 Å². The minimum atomic E-state index is -0.108. The Labute approximate surface area is 195 Å². The van der Waals surface area contributed by atoms with Crippen molar-refractivity contribution in [3.8, 4) is 16.8 Å². The highest BCUT2D eigenvalue weighted by Crippen LogP contribution is 2.36. The zero-order chi connectivity index (χ0) is 22.8. The Kier molecular flexibility index (Phi) is 5.50. The zero-order valence-electron chi connectivity index (χ0n) is 17.8. The van der Waals surface area contributed by atoms with Crippen LogP contribution in [0.1, 0.15) is 6.92 Å². The second-order valence-electron chi connectivity index (χ2n) is 7.56. The van der Waals surface area contributed by atoms with E-state index in [-0.39, 0.29) is 5.91 Å². The van der Waals surface area contributed by atoms with Gasteiger partial charge in [0.1, 0.15) is 12.1 Å². The zero-order valence-corrected chi connectivity index (χ0v) is 18.5. The average Bonchev–Trinajstić information content (AvgIpc) is 3.21. The number of aromatic nitrogens is 3. The fourth-order valence-electron chi connectivity index (χ4n) is 3.79. The van der Waals surface area contributed by atoms with Crippen LogP contribution in [0.2, 0.25) is 5.02 Å². The van der Waals surface area contributed by atoms with Crippen LogP contribution in [-0.4, -0.2) is 20.4 Å². The lowest BCUT2D eigenvalue weighted by molar-refractivity contribution is -0.114. The molecule has 5 rings (SSSR count). The molecule has 6 nitrogen and oxygen atoms in total. The summed E-state index contributed by atoms with van der Waals surface area (Å²) in [6, 6.07) is 25.3. The molecular weight excluding hydrogens is 434 g/mol. The molecule has 0 saturated heterocycles. The Morgan fingerprint density at radius 1 is 0.909 bits per heavy atom. The van der Waals surface area contributed by atoms with Crippen LogP contribution in [0.25, 0.3) is 27.8 Å². The first-order chi connectivity index (χ1) is 16.1. The third kappa shape index (κ3) is 4.29. The maximum Gasteiger partial charge on any atom is 0.221 e. The second kappa shape index (κ2) is 8.76. The highest BCUT2D eigenvalue weighted by Gasteiger charge is 2.17. The Hall–Kier alpha value is -4.16. The third-order valence-electron chi connectivity index (χ3n) is 5.22. The van der Waals surface area contributed by atoms with Gasteiger partial charge in [0.2, 0.25) is 5.91 Å². The summed E-state index contributed by atoms with van der Waals surface area (Å²) >= 11 is 6.27. The molecule has 0 unspecified atom stereocenters. The van der Waals surface area contributed by atoms with Crippen molar-refractivity contribution in [3.63, 3.8) is 0 Å². The molecule has 2 aromatic heterocycles. The number of hydrogen-bond donors (Lipinski definition) is 2. The maximum atomic E-state index is 11.3. The molecule has 0 radical (unpaired) electrons. The summed E-state index contributed by atoms with van der Waals surface area (Å²) < 4.78 is 2.02. The first kappa shape index (κ1) is 20.7. The fourth-order valence-corrected chi connectivity index (χ4v) is 3.98. The van der Waals surface area contributed by atoms with E-state index in [1.807, 2.05) is 71.3 Å². The van der Waals surface area contributed by atoms with Crippen LogP contribution in [0, 0.1) is 0 Å². The Balaban J connectivity index is 1.64. The van der Waals surface area contributed by atoms with Crippen LogP contribution >= 0.6 is 11.6 Å². The molecule has 3 aromatic carbocycles. The fraction of sp³-hybridized carbons (Fsp3) is 0.0385. The highest BCUT2D eigenvalue weighted by atomic mass is 35.5. The largest absolute Gasteiger partial charge is 0.340 e. The summed E-state index contributed by atoms with van der Waals surface area (Å²) in [5, 5.41) is 7.74. The van der Waals surface area contributed by atoms with Gasteiger partial charge >= 0.3 is 0 Å². The summed E-state index contributed by atoms with van der Waals surface area (Å²) in [7, 11) is 0. The van der Waals surface area contributed by atoms with Crippen LogP contribution in [0.15, 0.2) is 91.4 Å². The van der Waals surface area contributed by atoms with Gasteiger partial charge in [-0.25, -0.2) is 9.97 Å². The Morgan fingerprint density at radius 3 is 2.39 bits per heavy atom. The SMILES string of the molecule is CC(=O)Nc1ccc(Nc2ncnc3c2c(-c2ccccc2)cn3-c2cccc(Cl)c2)cc1. The number of amides is 1. The third-order valence-corrected chi connectivity index (χ3v) is 5.46. The number of anilines is 3. The minimum absolute atomic E-state index is 0.108. The van der Waals surface area contributed by atoms with Crippen molar-refractivity contribution in [1.82, 2.24) is 14.5 Å². The van der Waals surface area contributed by atoms with Gasteiger partial charge in [0, 0.05) is 40.8 Å². The summed E-state index contributed by atoms with van der Waals surface area (Å²) in [5.74, 6) is 0.579.